The van der Waals surface area contributed by atoms with Crippen LogP contribution in [0, 0.1) is 5.41 Å². The molecule has 0 saturated carbocycles. The van der Waals surface area contributed by atoms with Gasteiger partial charge in [-0.1, -0.05) is 6.92 Å². The van der Waals surface area contributed by atoms with Crippen LogP contribution < -0.4 is 5.32 Å². The van der Waals surface area contributed by atoms with Gasteiger partial charge in [-0.25, -0.2) is 4.79 Å². The summed E-state index contributed by atoms with van der Waals surface area (Å²) in [4.78, 5) is 10.3. The first kappa shape index (κ1) is 7.94. The minimum atomic E-state index is -0.563. The van der Waals surface area contributed by atoms with E-state index in [-0.39, 0.29) is 0 Å². The number of nitrogens with one attached hydrogen (secondary N) is 2. The van der Waals surface area contributed by atoms with Crippen molar-refractivity contribution in [3.8, 4) is 0 Å². The fourth-order valence-corrected chi connectivity index (χ4v) is 0.295. The van der Waals surface area contributed by atoms with Crippen LogP contribution in [0.3, 0.4) is 0 Å². The average molecular weight is 130 g/mol. The minimum absolute atomic E-state index is 0.402. The molecule has 0 aromatic heterocycles. The number of carbonyl (C=O) groups excluding carboxylic acids is 1. The molecule has 0 saturated heterocycles. The van der Waals surface area contributed by atoms with Gasteiger partial charge in [-0.15, -0.1) is 0 Å². The SMILES string of the molecule is CCCOC(=O)NC=N. The normalized spacial score (nSPS) is 8.11. The van der Waals surface area contributed by atoms with Gasteiger partial charge in [0.2, 0.25) is 0 Å². The smallest absolute Gasteiger partial charge is 0.412 e. The molecule has 0 aliphatic rings. The van der Waals surface area contributed by atoms with Crippen LogP contribution in [0.1, 0.15) is 13.3 Å². The molecular weight excluding hydrogens is 120 g/mol. The molecule has 0 spiro atoms. The van der Waals surface area contributed by atoms with Crippen LogP contribution in [0.2, 0.25) is 0 Å². The number of carbonyl (C=O) groups is 1. The summed E-state index contributed by atoms with van der Waals surface area (Å²) < 4.78 is 4.53. The quantitative estimate of drug-likeness (QED) is 0.437. The van der Waals surface area contributed by atoms with Gasteiger partial charge in [0.05, 0.1) is 12.9 Å². The average Bonchev–Trinajstić information content (AvgIpc) is 1.85. The highest BCUT2D eigenvalue weighted by molar-refractivity contribution is 5.80. The first-order valence-electron chi connectivity index (χ1n) is 2.73. The maximum atomic E-state index is 10.3. The van der Waals surface area contributed by atoms with E-state index >= 15 is 0 Å². The van der Waals surface area contributed by atoms with Crippen LogP contribution in [0.15, 0.2) is 0 Å². The summed E-state index contributed by atoms with van der Waals surface area (Å²) in [7, 11) is 0. The van der Waals surface area contributed by atoms with Crippen molar-refractivity contribution < 1.29 is 9.53 Å². The Bertz CT molecular complexity index is 103. The van der Waals surface area contributed by atoms with Crippen molar-refractivity contribution in [2.45, 2.75) is 13.3 Å². The number of rotatable bonds is 3. The Morgan fingerprint density at radius 1 is 1.89 bits per heavy atom. The number of amides is 1. The van der Waals surface area contributed by atoms with E-state index in [1.165, 1.54) is 0 Å². The summed E-state index contributed by atoms with van der Waals surface area (Å²) in [5.41, 5.74) is 0. The Morgan fingerprint density at radius 3 is 3.00 bits per heavy atom. The maximum absolute atomic E-state index is 10.3. The molecule has 0 fully saturated rings. The predicted molar refractivity (Wildman–Crippen MR) is 33.6 cm³/mol. The fraction of sp³-hybridized carbons (Fsp3) is 0.600. The highest BCUT2D eigenvalue weighted by Gasteiger charge is 1.94. The third-order valence-corrected chi connectivity index (χ3v) is 0.627. The van der Waals surface area contributed by atoms with Gasteiger partial charge < -0.3 is 4.74 Å². The third kappa shape index (κ3) is 4.80. The monoisotopic (exact) mass is 130 g/mol. The molecule has 0 aromatic carbocycles. The van der Waals surface area contributed by atoms with E-state index in [0.29, 0.717) is 6.61 Å². The molecule has 0 bridgehead atoms. The predicted octanol–water partition coefficient (Wildman–Crippen LogP) is 0.730. The van der Waals surface area contributed by atoms with Crippen LogP contribution in [-0.4, -0.2) is 19.0 Å². The lowest BCUT2D eigenvalue weighted by Crippen LogP contribution is -2.22. The minimum Gasteiger partial charge on any atom is -0.449 e. The van der Waals surface area contributed by atoms with Gasteiger partial charge in [-0.05, 0) is 6.42 Å². The first-order valence-corrected chi connectivity index (χ1v) is 2.73. The van der Waals surface area contributed by atoms with E-state index in [1.807, 2.05) is 6.92 Å². The second-order valence-corrected chi connectivity index (χ2v) is 1.42. The Hall–Kier alpha value is -1.06. The van der Waals surface area contributed by atoms with E-state index in [1.54, 1.807) is 0 Å². The Labute approximate surface area is 53.7 Å². The number of alkyl carbamates (subject to hydrolysis) is 1. The number of hydrogen-bond acceptors (Lipinski definition) is 3. The van der Waals surface area contributed by atoms with Crippen molar-refractivity contribution in [2.75, 3.05) is 6.61 Å². The summed E-state index contributed by atoms with van der Waals surface area (Å²) in [6.07, 6.45) is 1.02. The highest BCUT2D eigenvalue weighted by atomic mass is 16.5. The van der Waals surface area contributed by atoms with Crippen molar-refractivity contribution in [1.29, 1.82) is 5.41 Å². The second-order valence-electron chi connectivity index (χ2n) is 1.42. The van der Waals surface area contributed by atoms with Crippen molar-refractivity contribution in [2.24, 2.45) is 0 Å². The van der Waals surface area contributed by atoms with Gasteiger partial charge in [0, 0.05) is 0 Å². The van der Waals surface area contributed by atoms with Gasteiger partial charge in [-0.2, -0.15) is 0 Å². The van der Waals surface area contributed by atoms with E-state index < -0.39 is 6.09 Å². The second kappa shape index (κ2) is 5.08. The Morgan fingerprint density at radius 2 is 2.56 bits per heavy atom. The lowest BCUT2D eigenvalue weighted by Gasteiger charge is -1.98. The molecule has 0 heterocycles. The van der Waals surface area contributed by atoms with Gasteiger partial charge in [-0.3, -0.25) is 10.7 Å². The zero-order chi connectivity index (χ0) is 7.11. The van der Waals surface area contributed by atoms with Crippen LogP contribution in [0.5, 0.6) is 0 Å². The molecule has 0 aliphatic carbocycles. The van der Waals surface area contributed by atoms with Crippen LogP contribution >= 0.6 is 0 Å². The Balaban J connectivity index is 3.16. The van der Waals surface area contributed by atoms with E-state index in [9.17, 15) is 4.79 Å². The summed E-state index contributed by atoms with van der Waals surface area (Å²) in [5, 5.41) is 8.49. The molecule has 0 radical (unpaired) electrons. The van der Waals surface area contributed by atoms with E-state index in [4.69, 9.17) is 5.41 Å². The van der Waals surface area contributed by atoms with E-state index in [2.05, 4.69) is 10.1 Å². The van der Waals surface area contributed by atoms with Crippen molar-refractivity contribution in [3.05, 3.63) is 0 Å². The molecule has 0 rings (SSSR count). The molecule has 0 atom stereocenters. The molecule has 0 aliphatic heterocycles. The summed E-state index contributed by atoms with van der Waals surface area (Å²) in [5.74, 6) is 0. The molecule has 0 aromatic rings. The topological polar surface area (TPSA) is 62.2 Å². The maximum Gasteiger partial charge on any atom is 0.412 e. The van der Waals surface area contributed by atoms with Gasteiger partial charge >= 0.3 is 6.09 Å². The standard InChI is InChI=1S/C5H10N2O2/c1-2-3-9-5(8)7-4-6/h4H,2-3H2,1H3,(H2,6,7,8). The zero-order valence-electron chi connectivity index (χ0n) is 5.31. The van der Waals surface area contributed by atoms with Crippen molar-refractivity contribution >= 4 is 12.4 Å². The number of hydrogen-bond donors (Lipinski definition) is 2. The summed E-state index contributed by atoms with van der Waals surface area (Å²) in [6, 6.07) is 0. The lowest BCUT2D eigenvalue weighted by atomic mass is 10.5. The van der Waals surface area contributed by atoms with Gasteiger partial charge in [0.25, 0.3) is 0 Å². The molecule has 9 heavy (non-hydrogen) atoms. The third-order valence-electron chi connectivity index (χ3n) is 0.627. The lowest BCUT2D eigenvalue weighted by molar-refractivity contribution is 0.152. The molecule has 4 nitrogen and oxygen atoms in total. The zero-order valence-corrected chi connectivity index (χ0v) is 5.31. The number of ether oxygens (including phenoxy) is 1. The van der Waals surface area contributed by atoms with Crippen LogP contribution in [-0.2, 0) is 4.74 Å². The van der Waals surface area contributed by atoms with Crippen molar-refractivity contribution in [3.63, 3.8) is 0 Å². The molecular formula is C5H10N2O2. The summed E-state index contributed by atoms with van der Waals surface area (Å²) in [6.45, 7) is 2.30. The van der Waals surface area contributed by atoms with Crippen LogP contribution in [0.4, 0.5) is 4.79 Å². The summed E-state index contributed by atoms with van der Waals surface area (Å²) >= 11 is 0. The largest absolute Gasteiger partial charge is 0.449 e. The first-order chi connectivity index (χ1) is 4.31. The molecule has 0 unspecified atom stereocenters. The molecule has 4 heteroatoms. The van der Waals surface area contributed by atoms with Crippen molar-refractivity contribution in [1.82, 2.24) is 5.32 Å². The molecule has 2 N–H and O–H groups in total. The molecule has 52 valence electrons. The Kier molecular flexibility index (Phi) is 4.49. The molecule has 1 amide bonds. The highest BCUT2D eigenvalue weighted by Crippen LogP contribution is 1.79. The van der Waals surface area contributed by atoms with Gasteiger partial charge in [0.1, 0.15) is 0 Å². The fourth-order valence-electron chi connectivity index (χ4n) is 0.295. The van der Waals surface area contributed by atoms with Crippen LogP contribution in [0.25, 0.3) is 0 Å². The van der Waals surface area contributed by atoms with E-state index in [0.717, 1.165) is 12.8 Å². The van der Waals surface area contributed by atoms with Gasteiger partial charge in [0.15, 0.2) is 0 Å².